The first kappa shape index (κ1) is 11.4. The average molecular weight is 235 g/mol. The summed E-state index contributed by atoms with van der Waals surface area (Å²) in [5.74, 6) is -0.410. The molecule has 0 saturated heterocycles. The molecule has 0 saturated carbocycles. The summed E-state index contributed by atoms with van der Waals surface area (Å²) in [7, 11) is 1.76. The third-order valence-electron chi connectivity index (χ3n) is 2.32. The topological polar surface area (TPSA) is 29.0 Å². The minimum Gasteiger partial charge on any atom is -0.355 e. The van der Waals surface area contributed by atoms with Gasteiger partial charge in [-0.3, -0.25) is 0 Å². The number of aromatic nitrogens is 2. The van der Waals surface area contributed by atoms with Crippen LogP contribution in [0.1, 0.15) is 5.56 Å². The first-order valence-electron chi connectivity index (χ1n) is 5.08. The molecule has 1 heterocycles. The smallest absolute Gasteiger partial charge is 0.218 e. The Balaban J connectivity index is 2.14. The van der Waals surface area contributed by atoms with Crippen LogP contribution in [0.15, 0.2) is 36.7 Å². The summed E-state index contributed by atoms with van der Waals surface area (Å²) < 4.78 is 25.9. The van der Waals surface area contributed by atoms with Crippen LogP contribution in [0.25, 0.3) is 0 Å². The standard InChI is InChI=1S/C12H11F2N3/c1-17(12-6-11(14)15-8-16-12)7-9-3-2-4-10(13)5-9/h2-6,8H,7H2,1H3. The van der Waals surface area contributed by atoms with Gasteiger partial charge in [0.05, 0.1) is 0 Å². The lowest BCUT2D eigenvalue weighted by atomic mass is 10.2. The second-order valence-electron chi connectivity index (χ2n) is 3.68. The quantitative estimate of drug-likeness (QED) is 0.765. The molecule has 1 aromatic heterocycles. The monoisotopic (exact) mass is 235 g/mol. The van der Waals surface area contributed by atoms with Gasteiger partial charge in [0.1, 0.15) is 18.0 Å². The molecule has 0 bridgehead atoms. The maximum Gasteiger partial charge on any atom is 0.218 e. The van der Waals surface area contributed by atoms with Gasteiger partial charge in [0.2, 0.25) is 5.95 Å². The summed E-state index contributed by atoms with van der Waals surface area (Å²) in [6, 6.07) is 7.50. The molecule has 0 amide bonds. The Morgan fingerprint density at radius 2 is 2.00 bits per heavy atom. The molecule has 5 heteroatoms. The Bertz CT molecular complexity index is 517. The molecule has 1 aromatic carbocycles. The summed E-state index contributed by atoms with van der Waals surface area (Å²) >= 11 is 0. The first-order chi connectivity index (χ1) is 8.15. The normalized spacial score (nSPS) is 10.3. The fraction of sp³-hybridized carbons (Fsp3) is 0.167. The average Bonchev–Trinajstić information content (AvgIpc) is 2.29. The van der Waals surface area contributed by atoms with E-state index in [1.807, 2.05) is 0 Å². The third kappa shape index (κ3) is 2.96. The van der Waals surface area contributed by atoms with E-state index < -0.39 is 5.95 Å². The molecule has 0 radical (unpaired) electrons. The lowest BCUT2D eigenvalue weighted by Crippen LogP contribution is -2.18. The van der Waals surface area contributed by atoms with E-state index >= 15 is 0 Å². The molecule has 2 rings (SSSR count). The van der Waals surface area contributed by atoms with Gasteiger partial charge in [-0.25, -0.2) is 14.4 Å². The molecule has 0 fully saturated rings. The molecule has 3 nitrogen and oxygen atoms in total. The second kappa shape index (κ2) is 4.86. The molecule has 2 aromatic rings. The maximum absolute atomic E-state index is 13.0. The summed E-state index contributed by atoms with van der Waals surface area (Å²) in [6.07, 6.45) is 1.16. The first-order valence-corrected chi connectivity index (χ1v) is 5.08. The highest BCUT2D eigenvalue weighted by Gasteiger charge is 2.05. The summed E-state index contributed by atoms with van der Waals surface area (Å²) in [5, 5.41) is 0. The molecule has 0 aliphatic rings. The largest absolute Gasteiger partial charge is 0.355 e. The predicted octanol–water partition coefficient (Wildman–Crippen LogP) is 2.39. The number of hydrogen-bond donors (Lipinski definition) is 0. The SMILES string of the molecule is CN(Cc1cccc(F)c1)c1cc(F)ncn1. The minimum absolute atomic E-state index is 0.287. The Morgan fingerprint density at radius 3 is 2.71 bits per heavy atom. The molecule has 88 valence electrons. The summed E-state index contributed by atoms with van der Waals surface area (Å²) in [5.41, 5.74) is 0.798. The van der Waals surface area contributed by atoms with E-state index in [9.17, 15) is 8.78 Å². The van der Waals surface area contributed by atoms with Gasteiger partial charge < -0.3 is 4.90 Å². The number of rotatable bonds is 3. The van der Waals surface area contributed by atoms with Crippen LogP contribution >= 0.6 is 0 Å². The third-order valence-corrected chi connectivity index (χ3v) is 2.32. The van der Waals surface area contributed by atoms with Crippen LogP contribution in [0.5, 0.6) is 0 Å². The van der Waals surface area contributed by atoms with Gasteiger partial charge in [-0.15, -0.1) is 0 Å². The van der Waals surface area contributed by atoms with Crippen molar-refractivity contribution in [3.05, 3.63) is 54.0 Å². The fourth-order valence-electron chi connectivity index (χ4n) is 1.52. The highest BCUT2D eigenvalue weighted by Crippen LogP contribution is 2.13. The highest BCUT2D eigenvalue weighted by atomic mass is 19.1. The molecule has 0 atom stereocenters. The molecule has 0 N–H and O–H groups in total. The van der Waals surface area contributed by atoms with Crippen molar-refractivity contribution in [1.29, 1.82) is 0 Å². The van der Waals surface area contributed by atoms with Crippen molar-refractivity contribution in [2.45, 2.75) is 6.54 Å². The van der Waals surface area contributed by atoms with Crippen LogP contribution in [0.3, 0.4) is 0 Å². The van der Waals surface area contributed by atoms with Gasteiger partial charge >= 0.3 is 0 Å². The summed E-state index contributed by atoms with van der Waals surface area (Å²) in [4.78, 5) is 9.04. The molecule has 0 spiro atoms. The van der Waals surface area contributed by atoms with Crippen molar-refractivity contribution in [3.8, 4) is 0 Å². The Morgan fingerprint density at radius 1 is 1.18 bits per heavy atom. The minimum atomic E-state index is -0.582. The van der Waals surface area contributed by atoms with E-state index in [1.165, 1.54) is 18.2 Å². The van der Waals surface area contributed by atoms with Crippen LogP contribution < -0.4 is 4.90 Å². The van der Waals surface area contributed by atoms with Crippen LogP contribution in [0, 0.1) is 11.8 Å². The van der Waals surface area contributed by atoms with Crippen LogP contribution in [-0.4, -0.2) is 17.0 Å². The lowest BCUT2D eigenvalue weighted by Gasteiger charge is -2.17. The number of anilines is 1. The second-order valence-corrected chi connectivity index (χ2v) is 3.68. The van der Waals surface area contributed by atoms with E-state index in [0.717, 1.165) is 11.9 Å². The van der Waals surface area contributed by atoms with Crippen molar-refractivity contribution < 1.29 is 8.78 Å². The lowest BCUT2D eigenvalue weighted by molar-refractivity contribution is 0.578. The number of hydrogen-bond acceptors (Lipinski definition) is 3. The number of halogens is 2. The number of nitrogens with zero attached hydrogens (tertiary/aromatic N) is 3. The van der Waals surface area contributed by atoms with E-state index in [0.29, 0.717) is 12.4 Å². The van der Waals surface area contributed by atoms with Crippen LogP contribution in [-0.2, 0) is 6.54 Å². The van der Waals surface area contributed by atoms with Crippen molar-refractivity contribution in [1.82, 2.24) is 9.97 Å². The Hall–Kier alpha value is -2.04. The van der Waals surface area contributed by atoms with Crippen molar-refractivity contribution >= 4 is 5.82 Å². The van der Waals surface area contributed by atoms with E-state index in [4.69, 9.17) is 0 Å². The molecule has 17 heavy (non-hydrogen) atoms. The van der Waals surface area contributed by atoms with Gasteiger partial charge in [0.25, 0.3) is 0 Å². The Labute approximate surface area is 97.7 Å². The van der Waals surface area contributed by atoms with Gasteiger partial charge in [-0.2, -0.15) is 4.39 Å². The van der Waals surface area contributed by atoms with E-state index in [-0.39, 0.29) is 5.82 Å². The van der Waals surface area contributed by atoms with Gasteiger partial charge in [0, 0.05) is 19.7 Å². The zero-order chi connectivity index (χ0) is 12.3. The van der Waals surface area contributed by atoms with Crippen LogP contribution in [0.4, 0.5) is 14.6 Å². The molecular formula is C12H11F2N3. The van der Waals surface area contributed by atoms with Gasteiger partial charge in [-0.1, -0.05) is 12.1 Å². The van der Waals surface area contributed by atoms with Gasteiger partial charge in [-0.05, 0) is 17.7 Å². The molecule has 0 unspecified atom stereocenters. The Kier molecular flexibility index (Phi) is 3.27. The zero-order valence-electron chi connectivity index (χ0n) is 9.27. The molecule has 0 aliphatic heterocycles. The predicted molar refractivity (Wildman–Crippen MR) is 60.5 cm³/mol. The van der Waals surface area contributed by atoms with Gasteiger partial charge in [0.15, 0.2) is 0 Å². The zero-order valence-corrected chi connectivity index (χ0v) is 9.27. The molecular weight excluding hydrogens is 224 g/mol. The van der Waals surface area contributed by atoms with Crippen molar-refractivity contribution in [2.75, 3.05) is 11.9 Å². The number of benzene rings is 1. The van der Waals surface area contributed by atoms with E-state index in [2.05, 4.69) is 9.97 Å². The van der Waals surface area contributed by atoms with Crippen molar-refractivity contribution in [2.24, 2.45) is 0 Å². The molecule has 0 aliphatic carbocycles. The van der Waals surface area contributed by atoms with Crippen LogP contribution in [0.2, 0.25) is 0 Å². The summed E-state index contributed by atoms with van der Waals surface area (Å²) in [6.45, 7) is 0.453. The van der Waals surface area contributed by atoms with Crippen molar-refractivity contribution in [3.63, 3.8) is 0 Å². The highest BCUT2D eigenvalue weighted by molar-refractivity contribution is 5.37. The van der Waals surface area contributed by atoms with E-state index in [1.54, 1.807) is 24.1 Å². The maximum atomic E-state index is 13.0. The fourth-order valence-corrected chi connectivity index (χ4v) is 1.52.